The van der Waals surface area contributed by atoms with Gasteiger partial charge in [-0.25, -0.2) is 0 Å². The van der Waals surface area contributed by atoms with Crippen molar-refractivity contribution in [3.63, 3.8) is 0 Å². The molecule has 26 heavy (non-hydrogen) atoms. The van der Waals surface area contributed by atoms with Gasteiger partial charge in [-0.15, -0.1) is 0 Å². The van der Waals surface area contributed by atoms with Crippen molar-refractivity contribution in [3.8, 4) is 11.1 Å². The minimum absolute atomic E-state index is 0.0151. The SMILES string of the molecule is CC(=O)O[C@H]1[C@H](NC(C)=S)C(=O)N1[Si](C)(C)C(C)(C)C.c1cc2cc-2c1. The van der Waals surface area contributed by atoms with Crippen molar-refractivity contribution in [2.75, 3.05) is 0 Å². The zero-order chi connectivity index (χ0) is 19.9. The molecule has 1 N–H and O–H groups in total. The molecule has 3 rings (SSSR count). The monoisotopic (exact) mass is 392 g/mol. The number of nitrogens with zero attached hydrogens (tertiary/aromatic N) is 1. The second-order valence-corrected chi connectivity index (χ2v) is 14.0. The van der Waals surface area contributed by atoms with Gasteiger partial charge in [0.15, 0.2) is 20.5 Å². The first-order chi connectivity index (χ1) is 11.9. The van der Waals surface area contributed by atoms with Crippen LogP contribution in [-0.2, 0) is 14.3 Å². The van der Waals surface area contributed by atoms with E-state index in [4.69, 9.17) is 17.0 Å². The molecule has 0 aromatic carbocycles. The number of nitrogens with one attached hydrogen (secondary N) is 1. The summed E-state index contributed by atoms with van der Waals surface area (Å²) in [4.78, 5) is 24.3. The van der Waals surface area contributed by atoms with E-state index < -0.39 is 20.5 Å². The van der Waals surface area contributed by atoms with Crippen LogP contribution in [0.3, 0.4) is 0 Å². The molecule has 5 nitrogen and oxygen atoms in total. The Morgan fingerprint density at radius 2 is 1.77 bits per heavy atom. The van der Waals surface area contributed by atoms with Crippen molar-refractivity contribution in [1.82, 2.24) is 9.88 Å². The Balaban J connectivity index is 0.000000331. The average molecular weight is 393 g/mol. The summed E-state index contributed by atoms with van der Waals surface area (Å²) in [6, 6.07) is 7.93. The number of hydrogen-bond donors (Lipinski definition) is 1. The number of carbonyl (C=O) groups excluding carboxylic acids is 2. The van der Waals surface area contributed by atoms with Gasteiger partial charge in [0.2, 0.25) is 5.91 Å². The zero-order valence-electron chi connectivity index (χ0n) is 16.5. The second kappa shape index (κ2) is 7.11. The number of ether oxygens (including phenoxy) is 1. The normalized spacial score (nSPS) is 20.4. The molecule has 1 saturated heterocycles. The molecule has 0 aromatic heterocycles. The van der Waals surface area contributed by atoms with Crippen LogP contribution in [0, 0.1) is 0 Å². The third-order valence-electron chi connectivity index (χ3n) is 5.24. The van der Waals surface area contributed by atoms with Crippen molar-refractivity contribution in [2.24, 2.45) is 0 Å². The van der Waals surface area contributed by atoms with E-state index in [2.05, 4.69) is 63.4 Å². The number of fused-ring (bicyclic) bond motifs is 1. The van der Waals surface area contributed by atoms with Crippen LogP contribution < -0.4 is 5.32 Å². The molecule has 2 atom stereocenters. The van der Waals surface area contributed by atoms with E-state index in [1.165, 1.54) is 18.1 Å². The first-order valence-corrected chi connectivity index (χ1v) is 12.1. The number of esters is 1. The number of amides is 1. The maximum atomic E-state index is 12.4. The number of benzene rings is 1. The predicted molar refractivity (Wildman–Crippen MR) is 110 cm³/mol. The summed E-state index contributed by atoms with van der Waals surface area (Å²) in [5.41, 5.74) is 2.85. The molecule has 1 aliphatic heterocycles. The Hall–Kier alpha value is -1.73. The van der Waals surface area contributed by atoms with E-state index in [0.29, 0.717) is 4.99 Å². The van der Waals surface area contributed by atoms with Crippen molar-refractivity contribution >= 4 is 37.3 Å². The van der Waals surface area contributed by atoms with Crippen molar-refractivity contribution in [1.29, 1.82) is 0 Å². The van der Waals surface area contributed by atoms with Crippen molar-refractivity contribution in [2.45, 2.75) is 65.0 Å². The first-order valence-electron chi connectivity index (χ1n) is 8.74. The fourth-order valence-corrected chi connectivity index (χ4v) is 5.12. The summed E-state index contributed by atoms with van der Waals surface area (Å²) in [6.07, 6.45) is -0.557. The molecule has 0 saturated carbocycles. The lowest BCUT2D eigenvalue weighted by molar-refractivity contribution is -0.178. The maximum Gasteiger partial charge on any atom is 0.304 e. The predicted octanol–water partition coefficient (Wildman–Crippen LogP) is 3.70. The van der Waals surface area contributed by atoms with Gasteiger partial charge in [0.25, 0.3) is 0 Å². The largest absolute Gasteiger partial charge is 0.440 e. The fraction of sp³-hybridized carbons (Fsp3) is 0.526. The highest BCUT2D eigenvalue weighted by Crippen LogP contribution is 2.43. The van der Waals surface area contributed by atoms with E-state index >= 15 is 0 Å². The summed E-state index contributed by atoms with van der Waals surface area (Å²) >= 11 is 4.99. The lowest BCUT2D eigenvalue weighted by Gasteiger charge is -2.57. The Labute approximate surface area is 162 Å². The van der Waals surface area contributed by atoms with Crippen molar-refractivity contribution < 1.29 is 14.3 Å². The lowest BCUT2D eigenvalue weighted by atomic mass is 10.1. The molecule has 1 heterocycles. The van der Waals surface area contributed by atoms with Gasteiger partial charge in [-0.05, 0) is 29.2 Å². The molecule has 7 heteroatoms. The van der Waals surface area contributed by atoms with E-state index in [9.17, 15) is 9.59 Å². The van der Waals surface area contributed by atoms with Crippen LogP contribution >= 0.6 is 12.2 Å². The quantitative estimate of drug-likeness (QED) is 0.374. The standard InChI is InChI=1S/C13H24N2O3SSi.C6H4/c1-8(19)14-10-11(17)15(12(10)18-9(2)16)20(6,7)13(3,4)5;1-2-5-4-6(5)3-1/h10,12H,1-7H3,(H,14,19);1-4H/t10-,12+;/m1./s1. The first kappa shape index (κ1) is 20.6. The number of thiocarbonyl (C=S) groups is 1. The molecule has 0 radical (unpaired) electrons. The maximum absolute atomic E-state index is 12.4. The number of carbonyl (C=O) groups is 2. The topological polar surface area (TPSA) is 58.6 Å². The fourth-order valence-electron chi connectivity index (χ4n) is 2.74. The molecule has 3 aliphatic rings. The molecule has 0 unspecified atom stereocenters. The van der Waals surface area contributed by atoms with Crippen LogP contribution in [0.1, 0.15) is 34.6 Å². The molecule has 0 bridgehead atoms. The van der Waals surface area contributed by atoms with E-state index in [1.54, 1.807) is 11.5 Å². The van der Waals surface area contributed by atoms with Crippen LogP contribution in [0.4, 0.5) is 0 Å². The third-order valence-corrected chi connectivity index (χ3v) is 10.7. The third kappa shape index (κ3) is 4.15. The molecule has 0 spiro atoms. The summed E-state index contributed by atoms with van der Waals surface area (Å²) in [5, 5.41) is 2.91. The van der Waals surface area contributed by atoms with Crippen LogP contribution in [0.5, 0.6) is 0 Å². The Bertz CT molecular complexity index is 725. The number of rotatable bonds is 3. The highest BCUT2D eigenvalue weighted by molar-refractivity contribution is 7.80. The molecule has 1 amide bonds. The molecule has 2 aliphatic carbocycles. The van der Waals surface area contributed by atoms with Gasteiger partial charge in [0.05, 0.1) is 4.99 Å². The van der Waals surface area contributed by atoms with Gasteiger partial charge in [0, 0.05) is 6.92 Å². The van der Waals surface area contributed by atoms with E-state index in [-0.39, 0.29) is 16.9 Å². The molecular formula is C19H28N2O3SSi. The van der Waals surface area contributed by atoms with Gasteiger partial charge in [-0.2, -0.15) is 0 Å². The summed E-state index contributed by atoms with van der Waals surface area (Å²) in [5.74, 6) is -0.424. The smallest absolute Gasteiger partial charge is 0.304 e. The lowest BCUT2D eigenvalue weighted by Crippen LogP contribution is -2.79. The van der Waals surface area contributed by atoms with Crippen LogP contribution in [0.2, 0.25) is 18.1 Å². The van der Waals surface area contributed by atoms with Gasteiger partial charge < -0.3 is 14.6 Å². The zero-order valence-corrected chi connectivity index (χ0v) is 18.4. The molecular weight excluding hydrogens is 364 g/mol. The summed E-state index contributed by atoms with van der Waals surface area (Å²) in [7, 11) is -2.08. The highest BCUT2D eigenvalue weighted by Gasteiger charge is 2.59. The summed E-state index contributed by atoms with van der Waals surface area (Å²) in [6.45, 7) is 13.6. The summed E-state index contributed by atoms with van der Waals surface area (Å²) < 4.78 is 7.11. The van der Waals surface area contributed by atoms with Gasteiger partial charge in [-0.3, -0.25) is 9.59 Å². The molecule has 0 aromatic rings. The van der Waals surface area contributed by atoms with Crippen molar-refractivity contribution in [3.05, 3.63) is 24.3 Å². The Morgan fingerprint density at radius 1 is 1.23 bits per heavy atom. The van der Waals surface area contributed by atoms with Crippen LogP contribution in [-0.4, -0.2) is 41.9 Å². The van der Waals surface area contributed by atoms with Gasteiger partial charge >= 0.3 is 5.97 Å². The van der Waals surface area contributed by atoms with Crippen LogP contribution in [0.25, 0.3) is 11.1 Å². The second-order valence-electron chi connectivity index (χ2n) is 8.28. The van der Waals surface area contributed by atoms with E-state index in [0.717, 1.165) is 0 Å². The highest BCUT2D eigenvalue weighted by atomic mass is 32.1. The van der Waals surface area contributed by atoms with Crippen LogP contribution in [0.15, 0.2) is 24.3 Å². The Morgan fingerprint density at radius 3 is 2.08 bits per heavy atom. The molecule has 1 fully saturated rings. The minimum Gasteiger partial charge on any atom is -0.440 e. The number of β-lactam (4-membered cyclic amide) rings is 1. The van der Waals surface area contributed by atoms with E-state index in [1.807, 2.05) is 0 Å². The molecule has 142 valence electrons. The van der Waals surface area contributed by atoms with Gasteiger partial charge in [-0.1, -0.05) is 64.3 Å². The minimum atomic E-state index is -2.08. The number of hydrogen-bond acceptors (Lipinski definition) is 4. The Kier molecular flexibility index (Phi) is 5.63. The van der Waals surface area contributed by atoms with Gasteiger partial charge in [0.1, 0.15) is 0 Å². The average Bonchev–Trinajstić information content (AvgIpc) is 3.09.